The first-order chi connectivity index (χ1) is 6.11. The zero-order valence-electron chi connectivity index (χ0n) is 7.07. The summed E-state index contributed by atoms with van der Waals surface area (Å²) < 4.78 is 9.74. The van der Waals surface area contributed by atoms with Gasteiger partial charge in [0.1, 0.15) is 5.76 Å². The summed E-state index contributed by atoms with van der Waals surface area (Å²) in [6.07, 6.45) is 1.26. The van der Waals surface area contributed by atoms with Crippen LogP contribution in [0.25, 0.3) is 0 Å². The van der Waals surface area contributed by atoms with E-state index in [1.807, 2.05) is 0 Å². The van der Waals surface area contributed by atoms with Gasteiger partial charge in [0, 0.05) is 6.07 Å². The van der Waals surface area contributed by atoms with Gasteiger partial charge in [-0.1, -0.05) is 0 Å². The van der Waals surface area contributed by atoms with Crippen molar-refractivity contribution in [3.8, 4) is 5.75 Å². The number of hydrogen-bond donors (Lipinski definition) is 1. The third-order valence-corrected chi connectivity index (χ3v) is 1.37. The Hall–Kier alpha value is -1.78. The lowest BCUT2D eigenvalue weighted by molar-refractivity contribution is -0.120. The minimum Gasteiger partial charge on any atom is -0.476 e. The van der Waals surface area contributed by atoms with Crippen LogP contribution in [0.4, 0.5) is 0 Å². The smallest absolute Gasteiger partial charge is 0.255 e. The van der Waals surface area contributed by atoms with Gasteiger partial charge in [-0.3, -0.25) is 9.59 Å². The molecule has 0 aromatic carbocycles. The molecular formula is C8H9NO4. The fourth-order valence-corrected chi connectivity index (χ4v) is 0.817. The van der Waals surface area contributed by atoms with E-state index in [1.54, 1.807) is 6.92 Å². The lowest BCUT2D eigenvalue weighted by Gasteiger charge is -2.03. The van der Waals surface area contributed by atoms with Crippen LogP contribution in [0, 0.1) is 6.92 Å². The van der Waals surface area contributed by atoms with Crippen molar-refractivity contribution in [2.75, 3.05) is 6.61 Å². The zero-order valence-corrected chi connectivity index (χ0v) is 7.07. The number of carbonyl (C=O) groups excluding carboxylic acids is 1. The molecule has 0 fully saturated rings. The maximum Gasteiger partial charge on any atom is 0.255 e. The molecule has 0 unspecified atom stereocenters. The van der Waals surface area contributed by atoms with Crippen LogP contribution in [-0.4, -0.2) is 12.5 Å². The molecule has 2 N–H and O–H groups in total. The van der Waals surface area contributed by atoms with Gasteiger partial charge in [0.15, 0.2) is 6.61 Å². The summed E-state index contributed by atoms with van der Waals surface area (Å²) in [7, 11) is 0. The molecule has 5 heteroatoms. The topological polar surface area (TPSA) is 82.5 Å². The molecule has 1 rings (SSSR count). The number of primary amides is 1. The molecule has 70 valence electrons. The van der Waals surface area contributed by atoms with Gasteiger partial charge >= 0.3 is 0 Å². The molecule has 0 spiro atoms. The first kappa shape index (κ1) is 9.31. The number of nitrogens with two attached hydrogens (primary N) is 1. The molecule has 1 heterocycles. The highest BCUT2D eigenvalue weighted by atomic mass is 16.5. The number of amides is 1. The average Bonchev–Trinajstić information content (AvgIpc) is 2.03. The van der Waals surface area contributed by atoms with Gasteiger partial charge in [0.05, 0.1) is 6.26 Å². The molecule has 0 saturated heterocycles. The second-order valence-electron chi connectivity index (χ2n) is 2.43. The Bertz CT molecular complexity index is 369. The van der Waals surface area contributed by atoms with Crippen LogP contribution in [0.2, 0.25) is 0 Å². The second kappa shape index (κ2) is 3.75. The Kier molecular flexibility index (Phi) is 2.69. The van der Waals surface area contributed by atoms with Gasteiger partial charge in [-0.25, -0.2) is 0 Å². The Morgan fingerprint density at radius 2 is 2.38 bits per heavy atom. The quantitative estimate of drug-likeness (QED) is 0.704. The fourth-order valence-electron chi connectivity index (χ4n) is 0.817. The molecule has 13 heavy (non-hydrogen) atoms. The normalized spacial score (nSPS) is 9.62. The number of aryl methyl sites for hydroxylation is 1. The summed E-state index contributed by atoms with van der Waals surface area (Å²) in [5, 5.41) is 0. The van der Waals surface area contributed by atoms with E-state index >= 15 is 0 Å². The average molecular weight is 183 g/mol. The van der Waals surface area contributed by atoms with Crippen molar-refractivity contribution in [1.29, 1.82) is 0 Å². The van der Waals surface area contributed by atoms with E-state index in [4.69, 9.17) is 14.9 Å². The van der Waals surface area contributed by atoms with Crippen LogP contribution in [0.1, 0.15) is 5.76 Å². The van der Waals surface area contributed by atoms with Crippen LogP contribution in [0.3, 0.4) is 0 Å². The minimum absolute atomic E-state index is 0.0290. The minimum atomic E-state index is -0.636. The summed E-state index contributed by atoms with van der Waals surface area (Å²) in [6.45, 7) is 1.24. The maximum atomic E-state index is 11.1. The Labute approximate surface area is 74.1 Å². The SMILES string of the molecule is Cc1occc(=O)c1OCC(N)=O. The molecule has 0 bridgehead atoms. The van der Waals surface area contributed by atoms with Crippen molar-refractivity contribution >= 4 is 5.91 Å². The molecule has 0 aliphatic heterocycles. The van der Waals surface area contributed by atoms with Crippen LogP contribution < -0.4 is 15.9 Å². The number of carbonyl (C=O) groups is 1. The van der Waals surface area contributed by atoms with E-state index in [0.29, 0.717) is 5.76 Å². The highest BCUT2D eigenvalue weighted by Gasteiger charge is 2.06. The monoisotopic (exact) mass is 183 g/mol. The lowest BCUT2D eigenvalue weighted by atomic mass is 10.4. The number of rotatable bonds is 3. The highest BCUT2D eigenvalue weighted by Crippen LogP contribution is 2.09. The first-order valence-corrected chi connectivity index (χ1v) is 3.61. The van der Waals surface area contributed by atoms with E-state index in [0.717, 1.165) is 0 Å². The molecular weight excluding hydrogens is 174 g/mol. The molecule has 0 radical (unpaired) electrons. The third-order valence-electron chi connectivity index (χ3n) is 1.37. The van der Waals surface area contributed by atoms with E-state index in [2.05, 4.69) is 0 Å². The van der Waals surface area contributed by atoms with Crippen LogP contribution in [-0.2, 0) is 4.79 Å². The summed E-state index contributed by atoms with van der Waals surface area (Å²) in [5.74, 6) is -0.280. The van der Waals surface area contributed by atoms with Crippen molar-refractivity contribution < 1.29 is 13.9 Å². The van der Waals surface area contributed by atoms with E-state index in [1.165, 1.54) is 12.3 Å². The zero-order chi connectivity index (χ0) is 9.84. The molecule has 1 amide bonds. The summed E-state index contributed by atoms with van der Waals surface area (Å²) in [6, 6.07) is 1.21. The predicted molar refractivity (Wildman–Crippen MR) is 44.4 cm³/mol. The van der Waals surface area contributed by atoms with Crippen LogP contribution >= 0.6 is 0 Å². The second-order valence-corrected chi connectivity index (χ2v) is 2.43. The molecule has 0 atom stereocenters. The number of hydrogen-bond acceptors (Lipinski definition) is 4. The predicted octanol–water partition coefficient (Wildman–Crippen LogP) is -0.188. The van der Waals surface area contributed by atoms with Gasteiger partial charge in [-0.15, -0.1) is 0 Å². The van der Waals surface area contributed by atoms with Crippen LogP contribution in [0.5, 0.6) is 5.75 Å². The van der Waals surface area contributed by atoms with Gasteiger partial charge < -0.3 is 14.9 Å². The molecule has 0 aliphatic rings. The van der Waals surface area contributed by atoms with Crippen molar-refractivity contribution in [2.45, 2.75) is 6.92 Å². The third kappa shape index (κ3) is 2.33. The highest BCUT2D eigenvalue weighted by molar-refractivity contribution is 5.75. The van der Waals surface area contributed by atoms with Crippen LogP contribution in [0.15, 0.2) is 21.5 Å². The standard InChI is InChI=1S/C8H9NO4/c1-5-8(13-4-7(9)11)6(10)2-3-12-5/h2-3H,4H2,1H3,(H2,9,11). The largest absolute Gasteiger partial charge is 0.476 e. The molecule has 5 nitrogen and oxygen atoms in total. The van der Waals surface area contributed by atoms with E-state index in [9.17, 15) is 9.59 Å². The Morgan fingerprint density at radius 3 is 2.92 bits per heavy atom. The van der Waals surface area contributed by atoms with Crippen molar-refractivity contribution in [2.24, 2.45) is 5.73 Å². The van der Waals surface area contributed by atoms with Crippen molar-refractivity contribution in [3.05, 3.63) is 28.3 Å². The summed E-state index contributed by atoms with van der Waals surface area (Å²) >= 11 is 0. The molecule has 1 aromatic heterocycles. The Morgan fingerprint density at radius 1 is 1.69 bits per heavy atom. The fraction of sp³-hybridized carbons (Fsp3) is 0.250. The van der Waals surface area contributed by atoms with Gasteiger partial charge in [0.2, 0.25) is 11.2 Å². The molecule has 1 aromatic rings. The van der Waals surface area contributed by atoms with Crippen molar-refractivity contribution in [3.63, 3.8) is 0 Å². The first-order valence-electron chi connectivity index (χ1n) is 3.61. The van der Waals surface area contributed by atoms with Gasteiger partial charge in [-0.05, 0) is 6.92 Å². The van der Waals surface area contributed by atoms with Crippen molar-refractivity contribution in [1.82, 2.24) is 0 Å². The Balaban J connectivity index is 2.87. The van der Waals surface area contributed by atoms with Gasteiger partial charge in [0.25, 0.3) is 5.91 Å². The summed E-state index contributed by atoms with van der Waals surface area (Å²) in [4.78, 5) is 21.5. The molecule has 0 saturated carbocycles. The van der Waals surface area contributed by atoms with E-state index < -0.39 is 5.91 Å². The summed E-state index contributed by atoms with van der Waals surface area (Å²) in [5.41, 5.74) is 4.52. The van der Waals surface area contributed by atoms with Gasteiger partial charge in [-0.2, -0.15) is 0 Å². The maximum absolute atomic E-state index is 11.1. The van der Waals surface area contributed by atoms with E-state index in [-0.39, 0.29) is 17.8 Å². The number of ether oxygens (including phenoxy) is 1. The molecule has 0 aliphatic carbocycles. The lowest BCUT2D eigenvalue weighted by Crippen LogP contribution is -2.22.